The van der Waals surface area contributed by atoms with Crippen molar-refractivity contribution in [2.45, 2.75) is 6.54 Å². The number of anilines is 1. The molecule has 0 radical (unpaired) electrons. The van der Waals surface area contributed by atoms with Crippen LogP contribution in [-0.2, 0) is 6.54 Å². The number of hydrogen-bond acceptors (Lipinski definition) is 4. The summed E-state index contributed by atoms with van der Waals surface area (Å²) in [5.74, 6) is -0.105. The summed E-state index contributed by atoms with van der Waals surface area (Å²) in [6, 6.07) is 13.2. The summed E-state index contributed by atoms with van der Waals surface area (Å²) in [4.78, 5) is 13.3. The molecule has 0 unspecified atom stereocenters. The number of rotatable bonds is 4. The second kappa shape index (κ2) is 6.03. The molecule has 1 aromatic heterocycles. The van der Waals surface area contributed by atoms with Crippen LogP contribution in [0.25, 0.3) is 0 Å². The standard InChI is InChI=1S/C14H13N3OS/c1-16-14(18)10-3-2-4-11(7-10)17-9-13-6-5-12(8-15)19-13/h2-7,17H,9H2,1H3,(H,16,18). The van der Waals surface area contributed by atoms with Crippen molar-refractivity contribution in [2.24, 2.45) is 0 Å². The summed E-state index contributed by atoms with van der Waals surface area (Å²) in [5.41, 5.74) is 1.50. The number of hydrogen-bond donors (Lipinski definition) is 2. The lowest BCUT2D eigenvalue weighted by Gasteiger charge is -2.06. The van der Waals surface area contributed by atoms with E-state index >= 15 is 0 Å². The zero-order valence-electron chi connectivity index (χ0n) is 10.4. The molecule has 0 saturated carbocycles. The fraction of sp³-hybridized carbons (Fsp3) is 0.143. The molecule has 19 heavy (non-hydrogen) atoms. The van der Waals surface area contributed by atoms with Crippen molar-refractivity contribution in [1.29, 1.82) is 5.26 Å². The van der Waals surface area contributed by atoms with E-state index in [4.69, 9.17) is 5.26 Å². The number of carbonyl (C=O) groups is 1. The number of thiophene rings is 1. The van der Waals surface area contributed by atoms with Gasteiger partial charge in [-0.3, -0.25) is 4.79 Å². The zero-order valence-corrected chi connectivity index (χ0v) is 11.3. The topological polar surface area (TPSA) is 64.9 Å². The van der Waals surface area contributed by atoms with Gasteiger partial charge in [-0.1, -0.05) is 6.07 Å². The summed E-state index contributed by atoms with van der Waals surface area (Å²) in [5, 5.41) is 14.6. The first-order valence-electron chi connectivity index (χ1n) is 5.78. The van der Waals surface area contributed by atoms with Gasteiger partial charge in [0.15, 0.2) is 0 Å². The lowest BCUT2D eigenvalue weighted by molar-refractivity contribution is 0.0963. The highest BCUT2D eigenvalue weighted by Crippen LogP contribution is 2.18. The third-order valence-electron chi connectivity index (χ3n) is 2.59. The number of nitrogens with zero attached hydrogens (tertiary/aromatic N) is 1. The molecule has 2 aromatic rings. The quantitative estimate of drug-likeness (QED) is 0.898. The van der Waals surface area contributed by atoms with Gasteiger partial charge >= 0.3 is 0 Å². The molecule has 0 spiro atoms. The molecule has 4 nitrogen and oxygen atoms in total. The van der Waals surface area contributed by atoms with E-state index in [1.165, 1.54) is 11.3 Å². The maximum absolute atomic E-state index is 11.5. The van der Waals surface area contributed by atoms with Gasteiger partial charge in [-0.25, -0.2) is 0 Å². The van der Waals surface area contributed by atoms with Gasteiger partial charge in [-0.05, 0) is 30.3 Å². The second-order valence-corrected chi connectivity index (χ2v) is 5.06. The van der Waals surface area contributed by atoms with Crippen LogP contribution in [0, 0.1) is 11.3 Å². The molecule has 1 amide bonds. The van der Waals surface area contributed by atoms with Crippen LogP contribution in [0.2, 0.25) is 0 Å². The molecule has 96 valence electrons. The largest absolute Gasteiger partial charge is 0.380 e. The van der Waals surface area contributed by atoms with Crippen molar-refractivity contribution in [3.63, 3.8) is 0 Å². The maximum Gasteiger partial charge on any atom is 0.251 e. The van der Waals surface area contributed by atoms with Gasteiger partial charge in [0.2, 0.25) is 0 Å². The smallest absolute Gasteiger partial charge is 0.251 e. The predicted octanol–water partition coefficient (Wildman–Crippen LogP) is 2.59. The third kappa shape index (κ3) is 3.33. The molecular weight excluding hydrogens is 258 g/mol. The predicted molar refractivity (Wildman–Crippen MR) is 76.2 cm³/mol. The highest BCUT2D eigenvalue weighted by Gasteiger charge is 2.04. The number of amides is 1. The van der Waals surface area contributed by atoms with Crippen LogP contribution in [0.4, 0.5) is 5.69 Å². The Labute approximate surface area is 115 Å². The number of carbonyl (C=O) groups excluding carboxylic acids is 1. The van der Waals surface area contributed by atoms with Gasteiger partial charge in [0.25, 0.3) is 5.91 Å². The first kappa shape index (κ1) is 13.1. The molecule has 2 rings (SSSR count). The van der Waals surface area contributed by atoms with Crippen LogP contribution in [0.5, 0.6) is 0 Å². The van der Waals surface area contributed by atoms with Gasteiger partial charge in [-0.15, -0.1) is 11.3 Å². The molecule has 1 aromatic carbocycles. The van der Waals surface area contributed by atoms with Crippen molar-refractivity contribution < 1.29 is 4.79 Å². The highest BCUT2D eigenvalue weighted by atomic mass is 32.1. The van der Waals surface area contributed by atoms with Crippen LogP contribution >= 0.6 is 11.3 Å². The molecular formula is C14H13N3OS. The summed E-state index contributed by atoms with van der Waals surface area (Å²) in [6.07, 6.45) is 0. The molecule has 0 aliphatic rings. The molecule has 0 fully saturated rings. The maximum atomic E-state index is 11.5. The number of nitriles is 1. The van der Waals surface area contributed by atoms with Crippen molar-refractivity contribution >= 4 is 22.9 Å². The molecule has 0 bridgehead atoms. The van der Waals surface area contributed by atoms with E-state index in [1.807, 2.05) is 24.3 Å². The normalized spacial score (nSPS) is 9.68. The van der Waals surface area contributed by atoms with E-state index < -0.39 is 0 Å². The Morgan fingerprint density at radius 1 is 1.37 bits per heavy atom. The van der Waals surface area contributed by atoms with Crippen LogP contribution in [-0.4, -0.2) is 13.0 Å². The molecule has 5 heteroatoms. The summed E-state index contributed by atoms with van der Waals surface area (Å²) in [6.45, 7) is 0.642. The minimum absolute atomic E-state index is 0.105. The van der Waals surface area contributed by atoms with E-state index in [9.17, 15) is 4.79 Å². The van der Waals surface area contributed by atoms with Gasteiger partial charge in [-0.2, -0.15) is 5.26 Å². The Balaban J connectivity index is 2.03. The molecule has 0 saturated heterocycles. The van der Waals surface area contributed by atoms with E-state index in [0.717, 1.165) is 10.6 Å². The van der Waals surface area contributed by atoms with E-state index in [0.29, 0.717) is 17.0 Å². The van der Waals surface area contributed by atoms with Crippen LogP contribution in [0.1, 0.15) is 20.1 Å². The Bertz CT molecular complexity index is 628. The first-order valence-corrected chi connectivity index (χ1v) is 6.59. The van der Waals surface area contributed by atoms with E-state index in [2.05, 4.69) is 16.7 Å². The van der Waals surface area contributed by atoms with Crippen molar-refractivity contribution in [3.8, 4) is 6.07 Å². The van der Waals surface area contributed by atoms with Crippen molar-refractivity contribution in [2.75, 3.05) is 12.4 Å². The summed E-state index contributed by atoms with van der Waals surface area (Å²) in [7, 11) is 1.61. The number of benzene rings is 1. The fourth-order valence-corrected chi connectivity index (χ4v) is 2.38. The average molecular weight is 271 g/mol. The van der Waals surface area contributed by atoms with Crippen molar-refractivity contribution in [1.82, 2.24) is 5.32 Å². The monoisotopic (exact) mass is 271 g/mol. The van der Waals surface area contributed by atoms with Gasteiger partial charge in [0, 0.05) is 29.7 Å². The summed E-state index contributed by atoms with van der Waals surface area (Å²) < 4.78 is 0. The average Bonchev–Trinajstić information content (AvgIpc) is 2.92. The Morgan fingerprint density at radius 3 is 2.89 bits per heavy atom. The molecule has 1 heterocycles. The minimum Gasteiger partial charge on any atom is -0.380 e. The summed E-state index contributed by atoms with van der Waals surface area (Å²) >= 11 is 1.46. The Morgan fingerprint density at radius 2 is 2.21 bits per heavy atom. The molecule has 0 atom stereocenters. The SMILES string of the molecule is CNC(=O)c1cccc(NCc2ccc(C#N)s2)c1. The fourth-order valence-electron chi connectivity index (χ4n) is 1.64. The molecule has 0 aliphatic heterocycles. The lowest BCUT2D eigenvalue weighted by atomic mass is 10.2. The minimum atomic E-state index is -0.105. The van der Waals surface area contributed by atoms with Crippen LogP contribution < -0.4 is 10.6 Å². The van der Waals surface area contributed by atoms with E-state index in [1.54, 1.807) is 19.2 Å². The van der Waals surface area contributed by atoms with Gasteiger partial charge in [0.1, 0.15) is 10.9 Å². The van der Waals surface area contributed by atoms with E-state index in [-0.39, 0.29) is 5.91 Å². The van der Waals surface area contributed by atoms with Crippen molar-refractivity contribution in [3.05, 3.63) is 51.7 Å². The second-order valence-electron chi connectivity index (χ2n) is 3.89. The Kier molecular flexibility index (Phi) is 4.16. The number of nitrogens with one attached hydrogen (secondary N) is 2. The van der Waals surface area contributed by atoms with Crippen LogP contribution in [0.15, 0.2) is 36.4 Å². The van der Waals surface area contributed by atoms with Gasteiger partial charge in [0.05, 0.1) is 0 Å². The van der Waals surface area contributed by atoms with Crippen LogP contribution in [0.3, 0.4) is 0 Å². The van der Waals surface area contributed by atoms with Gasteiger partial charge < -0.3 is 10.6 Å². The first-order chi connectivity index (χ1) is 9.22. The highest BCUT2D eigenvalue weighted by molar-refractivity contribution is 7.12. The lowest BCUT2D eigenvalue weighted by Crippen LogP contribution is -2.17. The molecule has 0 aliphatic carbocycles. The zero-order chi connectivity index (χ0) is 13.7. The third-order valence-corrected chi connectivity index (χ3v) is 3.58. The molecule has 2 N–H and O–H groups in total. The Hall–Kier alpha value is -2.32.